The smallest absolute Gasteiger partial charge is 0.343 e. The fourth-order valence-corrected chi connectivity index (χ4v) is 2.55. The van der Waals surface area contributed by atoms with Crippen LogP contribution in [0.3, 0.4) is 0 Å². The summed E-state index contributed by atoms with van der Waals surface area (Å²) >= 11 is 0. The lowest BCUT2D eigenvalue weighted by atomic mass is 10.2. The van der Waals surface area contributed by atoms with Gasteiger partial charge in [0.1, 0.15) is 17.2 Å². The van der Waals surface area contributed by atoms with E-state index in [1.54, 1.807) is 0 Å². The number of hydrogen-bond donors (Lipinski definition) is 0. The Morgan fingerprint density at radius 1 is 1.11 bits per heavy atom. The van der Waals surface area contributed by atoms with Crippen LogP contribution in [0.2, 0.25) is 0 Å². The van der Waals surface area contributed by atoms with Gasteiger partial charge in [0.25, 0.3) is 0 Å². The first-order valence-corrected chi connectivity index (χ1v) is 6.82. The van der Waals surface area contributed by atoms with E-state index in [0.717, 1.165) is 31.7 Å². The van der Waals surface area contributed by atoms with Crippen LogP contribution in [-0.4, -0.2) is 36.1 Å². The molecule has 1 aromatic rings. The predicted octanol–water partition coefficient (Wildman–Crippen LogP) is 2.26. The minimum atomic E-state index is -0.350. The van der Waals surface area contributed by atoms with Crippen LogP contribution in [0.25, 0.3) is 0 Å². The summed E-state index contributed by atoms with van der Waals surface area (Å²) in [6, 6.07) is 0. The van der Waals surface area contributed by atoms with Gasteiger partial charge in [0.05, 0.1) is 12.8 Å². The van der Waals surface area contributed by atoms with Gasteiger partial charge < -0.3 is 9.64 Å². The number of anilines is 1. The second-order valence-corrected chi connectivity index (χ2v) is 4.95. The maximum atomic E-state index is 12.0. The molecule has 5 nitrogen and oxygen atoms in total. The molecule has 2 heterocycles. The molecule has 0 bridgehead atoms. The first kappa shape index (κ1) is 13.8. The minimum absolute atomic E-state index is 0.350. The van der Waals surface area contributed by atoms with Crippen molar-refractivity contribution in [2.75, 3.05) is 25.1 Å². The van der Waals surface area contributed by atoms with E-state index >= 15 is 0 Å². The van der Waals surface area contributed by atoms with Crippen LogP contribution in [0.5, 0.6) is 0 Å². The molecule has 1 fully saturated rings. The summed E-state index contributed by atoms with van der Waals surface area (Å²) in [5.74, 6) is 1.08. The van der Waals surface area contributed by atoms with E-state index in [9.17, 15) is 4.79 Å². The van der Waals surface area contributed by atoms with Crippen molar-refractivity contribution in [2.24, 2.45) is 0 Å². The molecular weight excluding hydrogens is 242 g/mol. The van der Waals surface area contributed by atoms with Crippen molar-refractivity contribution in [1.82, 2.24) is 9.97 Å². The maximum absolute atomic E-state index is 12.0. The van der Waals surface area contributed by atoms with Crippen LogP contribution < -0.4 is 4.90 Å². The summed E-state index contributed by atoms with van der Waals surface area (Å²) < 4.78 is 4.87. The first-order chi connectivity index (χ1) is 9.13. The zero-order valence-electron chi connectivity index (χ0n) is 11.9. The molecule has 1 saturated heterocycles. The second-order valence-electron chi connectivity index (χ2n) is 4.95. The first-order valence-electron chi connectivity index (χ1n) is 6.82. The summed E-state index contributed by atoms with van der Waals surface area (Å²) in [7, 11) is 1.40. The lowest BCUT2D eigenvalue weighted by molar-refractivity contribution is 0.0599. The number of carbonyl (C=O) groups is 1. The molecule has 104 valence electrons. The van der Waals surface area contributed by atoms with E-state index in [2.05, 4.69) is 14.9 Å². The van der Waals surface area contributed by atoms with E-state index in [0.29, 0.717) is 17.1 Å². The Bertz CT molecular complexity index is 466. The lowest BCUT2D eigenvalue weighted by Gasteiger charge is -2.24. The number of methoxy groups -OCH3 is 1. The molecular formula is C14H21N3O2. The van der Waals surface area contributed by atoms with Gasteiger partial charge in [-0.3, -0.25) is 0 Å². The SMILES string of the molecule is COC(=O)c1c(C)nc(C)nc1N1CCCCCC1. The molecule has 2 rings (SSSR count). The topological polar surface area (TPSA) is 55.3 Å². The van der Waals surface area contributed by atoms with Crippen molar-refractivity contribution in [3.8, 4) is 0 Å². The number of rotatable bonds is 2. The molecule has 1 aliphatic rings. The van der Waals surface area contributed by atoms with Crippen molar-refractivity contribution in [2.45, 2.75) is 39.5 Å². The molecule has 0 atom stereocenters. The Morgan fingerprint density at radius 3 is 2.32 bits per heavy atom. The van der Waals surface area contributed by atoms with Gasteiger partial charge in [-0.05, 0) is 26.7 Å². The Morgan fingerprint density at radius 2 is 1.74 bits per heavy atom. The number of ether oxygens (including phenoxy) is 1. The van der Waals surface area contributed by atoms with E-state index < -0.39 is 0 Å². The number of hydrogen-bond acceptors (Lipinski definition) is 5. The zero-order valence-corrected chi connectivity index (χ0v) is 11.9. The molecule has 0 aliphatic carbocycles. The minimum Gasteiger partial charge on any atom is -0.465 e. The fourth-order valence-electron chi connectivity index (χ4n) is 2.55. The summed E-state index contributed by atoms with van der Waals surface area (Å²) in [6.07, 6.45) is 4.77. The monoisotopic (exact) mass is 263 g/mol. The fraction of sp³-hybridized carbons (Fsp3) is 0.643. The Labute approximate surface area is 114 Å². The highest BCUT2D eigenvalue weighted by Crippen LogP contribution is 2.24. The molecule has 0 unspecified atom stereocenters. The summed E-state index contributed by atoms with van der Waals surface area (Å²) in [5, 5.41) is 0. The van der Waals surface area contributed by atoms with Crippen LogP contribution in [0, 0.1) is 13.8 Å². The molecule has 0 spiro atoms. The quantitative estimate of drug-likeness (QED) is 0.766. The zero-order chi connectivity index (χ0) is 13.8. The number of nitrogens with zero attached hydrogens (tertiary/aromatic N) is 3. The average molecular weight is 263 g/mol. The predicted molar refractivity (Wildman–Crippen MR) is 73.5 cm³/mol. The van der Waals surface area contributed by atoms with Gasteiger partial charge in [-0.25, -0.2) is 14.8 Å². The van der Waals surface area contributed by atoms with Gasteiger partial charge in [-0.1, -0.05) is 12.8 Å². The Hall–Kier alpha value is -1.65. The highest BCUT2D eigenvalue weighted by atomic mass is 16.5. The van der Waals surface area contributed by atoms with Crippen molar-refractivity contribution in [3.63, 3.8) is 0 Å². The summed E-state index contributed by atoms with van der Waals surface area (Å²) in [4.78, 5) is 22.9. The van der Waals surface area contributed by atoms with Gasteiger partial charge in [0, 0.05) is 13.1 Å². The van der Waals surface area contributed by atoms with Crippen LogP contribution in [-0.2, 0) is 4.74 Å². The van der Waals surface area contributed by atoms with E-state index in [1.807, 2.05) is 13.8 Å². The standard InChI is InChI=1S/C14H21N3O2/c1-10-12(14(18)19-3)13(16-11(2)15-10)17-8-6-4-5-7-9-17/h4-9H2,1-3H3. The maximum Gasteiger partial charge on any atom is 0.343 e. The third kappa shape index (κ3) is 3.03. The van der Waals surface area contributed by atoms with Crippen molar-refractivity contribution >= 4 is 11.8 Å². The molecule has 1 aliphatic heterocycles. The van der Waals surface area contributed by atoms with Gasteiger partial charge in [0.15, 0.2) is 0 Å². The van der Waals surface area contributed by atoms with Gasteiger partial charge in [-0.15, -0.1) is 0 Å². The number of aryl methyl sites for hydroxylation is 2. The summed E-state index contributed by atoms with van der Waals surface area (Å²) in [5.41, 5.74) is 1.20. The third-order valence-corrected chi connectivity index (χ3v) is 3.48. The van der Waals surface area contributed by atoms with Gasteiger partial charge in [-0.2, -0.15) is 0 Å². The molecule has 0 saturated carbocycles. The molecule has 0 radical (unpaired) electrons. The molecule has 0 amide bonds. The van der Waals surface area contributed by atoms with Crippen molar-refractivity contribution < 1.29 is 9.53 Å². The second kappa shape index (κ2) is 5.99. The van der Waals surface area contributed by atoms with Gasteiger partial charge >= 0.3 is 5.97 Å². The molecule has 0 N–H and O–H groups in total. The highest BCUT2D eigenvalue weighted by Gasteiger charge is 2.23. The van der Waals surface area contributed by atoms with Crippen molar-refractivity contribution in [1.29, 1.82) is 0 Å². The molecule has 1 aromatic heterocycles. The Kier molecular flexibility index (Phi) is 4.35. The van der Waals surface area contributed by atoms with Crippen LogP contribution >= 0.6 is 0 Å². The third-order valence-electron chi connectivity index (χ3n) is 3.48. The molecule has 19 heavy (non-hydrogen) atoms. The Balaban J connectivity index is 2.44. The normalized spacial score (nSPS) is 16.1. The van der Waals surface area contributed by atoms with E-state index in [-0.39, 0.29) is 5.97 Å². The average Bonchev–Trinajstić information content (AvgIpc) is 2.65. The number of aromatic nitrogens is 2. The molecule has 5 heteroatoms. The van der Waals surface area contributed by atoms with E-state index in [4.69, 9.17) is 4.74 Å². The van der Waals surface area contributed by atoms with Crippen LogP contribution in [0.4, 0.5) is 5.82 Å². The van der Waals surface area contributed by atoms with Crippen molar-refractivity contribution in [3.05, 3.63) is 17.1 Å². The van der Waals surface area contributed by atoms with Crippen LogP contribution in [0.1, 0.15) is 47.6 Å². The highest BCUT2D eigenvalue weighted by molar-refractivity contribution is 5.95. The van der Waals surface area contributed by atoms with E-state index in [1.165, 1.54) is 20.0 Å². The molecule has 0 aromatic carbocycles. The summed E-state index contributed by atoms with van der Waals surface area (Å²) in [6.45, 7) is 5.58. The van der Waals surface area contributed by atoms with Gasteiger partial charge in [0.2, 0.25) is 0 Å². The van der Waals surface area contributed by atoms with Crippen LogP contribution in [0.15, 0.2) is 0 Å². The number of carbonyl (C=O) groups excluding carboxylic acids is 1. The number of esters is 1. The largest absolute Gasteiger partial charge is 0.465 e. The lowest BCUT2D eigenvalue weighted by Crippen LogP contribution is -2.28.